The summed E-state index contributed by atoms with van der Waals surface area (Å²) in [7, 11) is 0. The van der Waals surface area contributed by atoms with E-state index in [1.165, 1.54) is 23.1 Å². The SMILES string of the molecule is O=C(c1cnn(-c2ccc(F)cc2F)c1)N1CCC12CCOC2. The van der Waals surface area contributed by atoms with Crippen molar-refractivity contribution in [3.8, 4) is 5.69 Å². The molecular weight excluding hydrogens is 304 g/mol. The van der Waals surface area contributed by atoms with Crippen LogP contribution in [0.1, 0.15) is 23.2 Å². The normalized spacial score (nSPS) is 23.3. The van der Waals surface area contributed by atoms with Crippen LogP contribution in [0.2, 0.25) is 0 Å². The first-order chi connectivity index (χ1) is 11.1. The average Bonchev–Trinajstić information content (AvgIpc) is 3.17. The minimum atomic E-state index is -0.725. The Bertz CT molecular complexity index is 768. The fourth-order valence-electron chi connectivity index (χ4n) is 3.25. The Kier molecular flexibility index (Phi) is 3.19. The van der Waals surface area contributed by atoms with Gasteiger partial charge in [0.25, 0.3) is 5.91 Å². The second-order valence-corrected chi connectivity index (χ2v) is 6.00. The van der Waals surface area contributed by atoms with Gasteiger partial charge in [0.1, 0.15) is 11.5 Å². The van der Waals surface area contributed by atoms with Gasteiger partial charge < -0.3 is 9.64 Å². The van der Waals surface area contributed by atoms with E-state index in [1.54, 1.807) is 0 Å². The van der Waals surface area contributed by atoms with Gasteiger partial charge in [-0.1, -0.05) is 0 Å². The summed E-state index contributed by atoms with van der Waals surface area (Å²) in [5, 5.41) is 4.03. The molecule has 1 aromatic carbocycles. The second kappa shape index (κ2) is 5.13. The maximum Gasteiger partial charge on any atom is 0.257 e. The molecule has 5 nitrogen and oxygen atoms in total. The lowest BCUT2D eigenvalue weighted by Crippen LogP contribution is -2.62. The number of nitrogens with zero attached hydrogens (tertiary/aromatic N) is 3. The van der Waals surface area contributed by atoms with Crippen molar-refractivity contribution in [3.63, 3.8) is 0 Å². The molecule has 4 rings (SSSR count). The number of benzene rings is 1. The van der Waals surface area contributed by atoms with Crippen LogP contribution < -0.4 is 0 Å². The fourth-order valence-corrected chi connectivity index (χ4v) is 3.25. The van der Waals surface area contributed by atoms with E-state index in [2.05, 4.69) is 5.10 Å². The van der Waals surface area contributed by atoms with Crippen molar-refractivity contribution in [2.45, 2.75) is 18.4 Å². The second-order valence-electron chi connectivity index (χ2n) is 6.00. The van der Waals surface area contributed by atoms with Gasteiger partial charge in [-0.3, -0.25) is 4.79 Å². The number of amides is 1. The Morgan fingerprint density at radius 1 is 1.30 bits per heavy atom. The van der Waals surface area contributed by atoms with E-state index >= 15 is 0 Å². The predicted octanol–water partition coefficient (Wildman–Crippen LogP) is 2.16. The van der Waals surface area contributed by atoms with Crippen LogP contribution in [0, 0.1) is 11.6 Å². The summed E-state index contributed by atoms with van der Waals surface area (Å²) in [5.74, 6) is -1.51. The van der Waals surface area contributed by atoms with E-state index < -0.39 is 11.6 Å². The van der Waals surface area contributed by atoms with E-state index in [0.717, 1.165) is 25.0 Å². The summed E-state index contributed by atoms with van der Waals surface area (Å²) in [6, 6.07) is 3.24. The molecule has 2 saturated heterocycles. The van der Waals surface area contributed by atoms with Gasteiger partial charge in [0.15, 0.2) is 5.82 Å². The number of halogens is 2. The molecule has 0 bridgehead atoms. The summed E-state index contributed by atoms with van der Waals surface area (Å²) in [5.41, 5.74) is 0.313. The smallest absolute Gasteiger partial charge is 0.257 e. The van der Waals surface area contributed by atoms with Crippen LogP contribution in [0.5, 0.6) is 0 Å². The summed E-state index contributed by atoms with van der Waals surface area (Å²) in [4.78, 5) is 14.4. The van der Waals surface area contributed by atoms with E-state index in [0.29, 0.717) is 25.3 Å². The average molecular weight is 319 g/mol. The molecule has 2 fully saturated rings. The standard InChI is InChI=1S/C16H15F2N3O2/c17-12-1-2-14(13(18)7-12)21-9-11(8-19-21)15(22)20-5-3-16(20)4-6-23-10-16/h1-2,7-9H,3-6,10H2. The fraction of sp³-hybridized carbons (Fsp3) is 0.375. The van der Waals surface area contributed by atoms with Crippen LogP contribution in [0.25, 0.3) is 5.69 Å². The lowest BCUT2D eigenvalue weighted by Gasteiger charge is -2.49. The van der Waals surface area contributed by atoms with E-state index in [1.807, 2.05) is 4.90 Å². The number of carbonyl (C=O) groups is 1. The van der Waals surface area contributed by atoms with E-state index in [9.17, 15) is 13.6 Å². The lowest BCUT2D eigenvalue weighted by atomic mass is 9.83. The largest absolute Gasteiger partial charge is 0.379 e. The van der Waals surface area contributed by atoms with Crippen LogP contribution in [-0.2, 0) is 4.74 Å². The maximum atomic E-state index is 13.8. The van der Waals surface area contributed by atoms with Crippen LogP contribution in [-0.4, -0.2) is 45.9 Å². The van der Waals surface area contributed by atoms with Crippen molar-refractivity contribution in [1.82, 2.24) is 14.7 Å². The predicted molar refractivity (Wildman–Crippen MR) is 77.3 cm³/mol. The molecule has 1 aromatic heterocycles. The number of likely N-dealkylation sites (tertiary alicyclic amines) is 1. The molecule has 0 aliphatic carbocycles. The molecule has 0 saturated carbocycles. The highest BCUT2D eigenvalue weighted by atomic mass is 19.1. The van der Waals surface area contributed by atoms with E-state index in [4.69, 9.17) is 4.74 Å². The van der Waals surface area contributed by atoms with Crippen LogP contribution in [0.4, 0.5) is 8.78 Å². The molecule has 23 heavy (non-hydrogen) atoms. The van der Waals surface area contributed by atoms with Crippen molar-refractivity contribution >= 4 is 5.91 Å². The lowest BCUT2D eigenvalue weighted by molar-refractivity contribution is -0.00794. The van der Waals surface area contributed by atoms with Gasteiger partial charge in [0, 0.05) is 25.4 Å². The topological polar surface area (TPSA) is 47.4 Å². The monoisotopic (exact) mass is 319 g/mol. The van der Waals surface area contributed by atoms with Crippen LogP contribution >= 0.6 is 0 Å². The molecule has 0 radical (unpaired) electrons. The van der Waals surface area contributed by atoms with Gasteiger partial charge in [-0.05, 0) is 25.0 Å². The zero-order valence-electron chi connectivity index (χ0n) is 12.3. The molecule has 2 aliphatic rings. The van der Waals surface area contributed by atoms with Gasteiger partial charge in [-0.25, -0.2) is 13.5 Å². The third-order valence-electron chi connectivity index (χ3n) is 4.69. The zero-order chi connectivity index (χ0) is 16.0. The van der Waals surface area contributed by atoms with Crippen LogP contribution in [0.3, 0.4) is 0 Å². The molecular formula is C16H15F2N3O2. The number of carbonyl (C=O) groups excluding carboxylic acids is 1. The number of rotatable bonds is 2. The van der Waals surface area contributed by atoms with Crippen molar-refractivity contribution in [2.24, 2.45) is 0 Å². The molecule has 2 aromatic rings. The zero-order valence-corrected chi connectivity index (χ0v) is 12.3. The first-order valence-electron chi connectivity index (χ1n) is 7.49. The van der Waals surface area contributed by atoms with Gasteiger partial charge >= 0.3 is 0 Å². The minimum absolute atomic E-state index is 0.105. The van der Waals surface area contributed by atoms with Crippen LogP contribution in [0.15, 0.2) is 30.6 Å². The Labute approximate surface area is 131 Å². The quantitative estimate of drug-likeness (QED) is 0.852. The van der Waals surface area contributed by atoms with Gasteiger partial charge in [-0.15, -0.1) is 0 Å². The molecule has 1 unspecified atom stereocenters. The number of hydrogen-bond acceptors (Lipinski definition) is 3. The molecule has 1 atom stereocenters. The molecule has 1 spiro atoms. The Morgan fingerprint density at radius 2 is 2.17 bits per heavy atom. The molecule has 3 heterocycles. The maximum absolute atomic E-state index is 13.8. The summed E-state index contributed by atoms with van der Waals surface area (Å²) < 4.78 is 33.5. The van der Waals surface area contributed by atoms with Crippen molar-refractivity contribution in [2.75, 3.05) is 19.8 Å². The third-order valence-corrected chi connectivity index (χ3v) is 4.69. The highest BCUT2D eigenvalue weighted by Crippen LogP contribution is 2.38. The molecule has 0 N–H and O–H groups in total. The van der Waals surface area contributed by atoms with Gasteiger partial charge in [0.05, 0.1) is 23.9 Å². The number of aromatic nitrogens is 2. The van der Waals surface area contributed by atoms with E-state index in [-0.39, 0.29) is 17.1 Å². The first kappa shape index (κ1) is 14.3. The first-order valence-corrected chi connectivity index (χ1v) is 7.49. The molecule has 1 amide bonds. The Morgan fingerprint density at radius 3 is 2.83 bits per heavy atom. The third kappa shape index (κ3) is 2.23. The Hall–Kier alpha value is -2.28. The van der Waals surface area contributed by atoms with Crippen molar-refractivity contribution in [3.05, 3.63) is 47.8 Å². The minimum Gasteiger partial charge on any atom is -0.379 e. The summed E-state index contributed by atoms with van der Waals surface area (Å²) in [6.45, 7) is 1.93. The van der Waals surface area contributed by atoms with Crippen molar-refractivity contribution < 1.29 is 18.3 Å². The summed E-state index contributed by atoms with van der Waals surface area (Å²) in [6.07, 6.45) is 4.67. The highest BCUT2D eigenvalue weighted by Gasteiger charge is 2.50. The van der Waals surface area contributed by atoms with Gasteiger partial charge in [0.2, 0.25) is 0 Å². The molecule has 2 aliphatic heterocycles. The Balaban J connectivity index is 1.59. The highest BCUT2D eigenvalue weighted by molar-refractivity contribution is 5.95. The number of ether oxygens (including phenoxy) is 1. The van der Waals surface area contributed by atoms with Gasteiger partial charge in [-0.2, -0.15) is 5.10 Å². The molecule has 120 valence electrons. The molecule has 7 heteroatoms. The number of hydrogen-bond donors (Lipinski definition) is 0. The van der Waals surface area contributed by atoms with Crippen molar-refractivity contribution in [1.29, 1.82) is 0 Å². The summed E-state index contributed by atoms with van der Waals surface area (Å²) >= 11 is 0.